The minimum Gasteiger partial charge on any atom is -0.492 e. The lowest BCUT2D eigenvalue weighted by atomic mass is 9.98. The summed E-state index contributed by atoms with van der Waals surface area (Å²) in [7, 11) is 0. The lowest BCUT2D eigenvalue weighted by Gasteiger charge is -2.34. The number of nitrogens with zero attached hydrogens (tertiary/aromatic N) is 3. The van der Waals surface area contributed by atoms with Gasteiger partial charge in [-0.15, -0.1) is 0 Å². The van der Waals surface area contributed by atoms with Crippen molar-refractivity contribution in [3.8, 4) is 5.75 Å². The first-order valence-corrected chi connectivity index (χ1v) is 8.55. The number of aromatic amines is 1. The maximum Gasteiger partial charge on any atom is 0.290 e. The molecule has 1 aliphatic heterocycles. The first kappa shape index (κ1) is 15.6. The van der Waals surface area contributed by atoms with E-state index < -0.39 is 0 Å². The van der Waals surface area contributed by atoms with Gasteiger partial charge in [-0.3, -0.25) is 9.78 Å². The van der Waals surface area contributed by atoms with Crippen LogP contribution in [0.2, 0.25) is 0 Å². The van der Waals surface area contributed by atoms with Gasteiger partial charge in [0.15, 0.2) is 5.82 Å². The third-order valence-corrected chi connectivity index (χ3v) is 4.68. The number of carbonyl (C=O) groups is 1. The standard InChI is InChI=1S/C19H20N4O2/c1-3-25-16-8-4-7-15-17(16)22-18(21-15)19(24)23-11-9-14-13(12(23)2)6-5-10-20-14/h4-8,10,12H,3,9,11H2,1-2H3,(H,21,22)/t12-/m1/s1. The number of hydrogen-bond acceptors (Lipinski definition) is 4. The van der Waals surface area contributed by atoms with Crippen LogP contribution in [0.1, 0.15) is 41.8 Å². The van der Waals surface area contributed by atoms with E-state index in [2.05, 4.69) is 15.0 Å². The number of H-pyrrole nitrogens is 1. The molecular formula is C19H20N4O2. The van der Waals surface area contributed by atoms with Gasteiger partial charge >= 0.3 is 0 Å². The summed E-state index contributed by atoms with van der Waals surface area (Å²) in [5.74, 6) is 0.967. The first-order valence-electron chi connectivity index (χ1n) is 8.55. The van der Waals surface area contributed by atoms with Crippen molar-refractivity contribution in [3.05, 3.63) is 53.6 Å². The zero-order valence-electron chi connectivity index (χ0n) is 14.3. The molecule has 0 bridgehead atoms. The number of rotatable bonds is 3. The number of pyridine rings is 1. The van der Waals surface area contributed by atoms with E-state index in [1.165, 1.54) is 0 Å². The largest absolute Gasteiger partial charge is 0.492 e. The number of ether oxygens (including phenoxy) is 1. The van der Waals surface area contributed by atoms with Crippen molar-refractivity contribution in [2.24, 2.45) is 0 Å². The fourth-order valence-corrected chi connectivity index (χ4v) is 3.42. The fourth-order valence-electron chi connectivity index (χ4n) is 3.42. The van der Waals surface area contributed by atoms with Crippen LogP contribution in [0.3, 0.4) is 0 Å². The van der Waals surface area contributed by atoms with Gasteiger partial charge in [0.05, 0.1) is 18.2 Å². The highest BCUT2D eigenvalue weighted by molar-refractivity contribution is 5.95. The molecule has 6 nitrogen and oxygen atoms in total. The second-order valence-corrected chi connectivity index (χ2v) is 6.13. The molecule has 1 N–H and O–H groups in total. The number of amides is 1. The minimum atomic E-state index is -0.0966. The maximum atomic E-state index is 13.0. The fraction of sp³-hybridized carbons (Fsp3) is 0.316. The molecule has 0 aliphatic carbocycles. The molecule has 0 radical (unpaired) electrons. The smallest absolute Gasteiger partial charge is 0.290 e. The van der Waals surface area contributed by atoms with Gasteiger partial charge in [-0.2, -0.15) is 0 Å². The summed E-state index contributed by atoms with van der Waals surface area (Å²) in [5, 5.41) is 0. The summed E-state index contributed by atoms with van der Waals surface area (Å²) in [5.41, 5.74) is 3.68. The Labute approximate surface area is 145 Å². The van der Waals surface area contributed by atoms with Crippen molar-refractivity contribution < 1.29 is 9.53 Å². The van der Waals surface area contributed by atoms with Gasteiger partial charge in [0, 0.05) is 24.9 Å². The van der Waals surface area contributed by atoms with Crippen LogP contribution in [-0.2, 0) is 6.42 Å². The van der Waals surface area contributed by atoms with E-state index in [-0.39, 0.29) is 11.9 Å². The third kappa shape index (κ3) is 2.63. The molecular weight excluding hydrogens is 316 g/mol. The van der Waals surface area contributed by atoms with Crippen molar-refractivity contribution in [1.82, 2.24) is 19.9 Å². The predicted molar refractivity (Wildman–Crippen MR) is 94.7 cm³/mol. The topological polar surface area (TPSA) is 71.1 Å². The van der Waals surface area contributed by atoms with Crippen molar-refractivity contribution in [2.45, 2.75) is 26.3 Å². The SMILES string of the molecule is CCOc1cccc2nc(C(=O)N3CCc4ncccc4[C@H]3C)[nH]c12. The van der Waals surface area contributed by atoms with E-state index in [9.17, 15) is 4.79 Å². The van der Waals surface area contributed by atoms with Crippen molar-refractivity contribution in [2.75, 3.05) is 13.2 Å². The van der Waals surface area contributed by atoms with Gasteiger partial charge in [-0.1, -0.05) is 12.1 Å². The molecule has 3 aromatic rings. The number of hydrogen-bond donors (Lipinski definition) is 1. The number of carbonyl (C=O) groups excluding carboxylic acids is 1. The van der Waals surface area contributed by atoms with Crippen molar-refractivity contribution >= 4 is 16.9 Å². The van der Waals surface area contributed by atoms with E-state index in [0.29, 0.717) is 24.7 Å². The highest BCUT2D eigenvalue weighted by Crippen LogP contribution is 2.30. The lowest BCUT2D eigenvalue weighted by Crippen LogP contribution is -2.39. The summed E-state index contributed by atoms with van der Waals surface area (Å²) >= 11 is 0. The number of imidazole rings is 1. The number of benzene rings is 1. The normalized spacial score (nSPS) is 16.7. The first-order chi connectivity index (χ1) is 12.2. The van der Waals surface area contributed by atoms with Crippen LogP contribution >= 0.6 is 0 Å². The van der Waals surface area contributed by atoms with E-state index >= 15 is 0 Å². The van der Waals surface area contributed by atoms with Crippen LogP contribution in [0.4, 0.5) is 0 Å². The Morgan fingerprint density at radius 3 is 3.08 bits per heavy atom. The molecule has 4 rings (SSSR count). The van der Waals surface area contributed by atoms with Gasteiger partial charge in [0.1, 0.15) is 11.3 Å². The van der Waals surface area contributed by atoms with Crippen LogP contribution in [-0.4, -0.2) is 38.9 Å². The highest BCUT2D eigenvalue weighted by atomic mass is 16.5. The Kier molecular flexibility index (Phi) is 3.87. The van der Waals surface area contributed by atoms with E-state index in [1.54, 1.807) is 6.20 Å². The zero-order valence-corrected chi connectivity index (χ0v) is 14.3. The summed E-state index contributed by atoms with van der Waals surface area (Å²) in [6, 6.07) is 9.57. The molecule has 1 atom stereocenters. The van der Waals surface area contributed by atoms with E-state index in [0.717, 1.165) is 28.7 Å². The Morgan fingerprint density at radius 1 is 1.36 bits per heavy atom. The molecule has 0 spiro atoms. The lowest BCUT2D eigenvalue weighted by molar-refractivity contribution is 0.0665. The Morgan fingerprint density at radius 2 is 2.24 bits per heavy atom. The second-order valence-electron chi connectivity index (χ2n) is 6.13. The minimum absolute atomic E-state index is 0.0236. The quantitative estimate of drug-likeness (QED) is 0.798. The molecule has 2 aromatic heterocycles. The van der Waals surface area contributed by atoms with Gasteiger partial charge in [-0.05, 0) is 37.6 Å². The Bertz CT molecular complexity index is 934. The molecule has 1 aromatic carbocycles. The molecule has 6 heteroatoms. The van der Waals surface area contributed by atoms with Gasteiger partial charge < -0.3 is 14.6 Å². The summed E-state index contributed by atoms with van der Waals surface area (Å²) in [6.07, 6.45) is 2.56. The van der Waals surface area contributed by atoms with Gasteiger partial charge in [0.25, 0.3) is 5.91 Å². The van der Waals surface area contributed by atoms with Crippen LogP contribution in [0.25, 0.3) is 11.0 Å². The molecule has 25 heavy (non-hydrogen) atoms. The summed E-state index contributed by atoms with van der Waals surface area (Å²) in [6.45, 7) is 5.17. The van der Waals surface area contributed by atoms with E-state index in [4.69, 9.17) is 4.74 Å². The van der Waals surface area contributed by atoms with Gasteiger partial charge in [0.2, 0.25) is 0 Å². The molecule has 0 saturated carbocycles. The molecule has 1 amide bonds. The van der Waals surface area contributed by atoms with Crippen molar-refractivity contribution in [3.63, 3.8) is 0 Å². The predicted octanol–water partition coefficient (Wildman–Crippen LogP) is 3.12. The van der Waals surface area contributed by atoms with Crippen LogP contribution in [0, 0.1) is 0 Å². The number of aromatic nitrogens is 3. The molecule has 1 aliphatic rings. The summed E-state index contributed by atoms with van der Waals surface area (Å²) < 4.78 is 5.62. The highest BCUT2D eigenvalue weighted by Gasteiger charge is 2.30. The van der Waals surface area contributed by atoms with Crippen LogP contribution < -0.4 is 4.74 Å². The molecule has 0 saturated heterocycles. The number of nitrogens with one attached hydrogen (secondary N) is 1. The number of fused-ring (bicyclic) bond motifs is 2. The third-order valence-electron chi connectivity index (χ3n) is 4.68. The average Bonchev–Trinajstić information content (AvgIpc) is 3.07. The molecule has 0 fully saturated rings. The Balaban J connectivity index is 1.68. The average molecular weight is 336 g/mol. The van der Waals surface area contributed by atoms with Crippen molar-refractivity contribution in [1.29, 1.82) is 0 Å². The van der Waals surface area contributed by atoms with E-state index in [1.807, 2.05) is 49.1 Å². The maximum absolute atomic E-state index is 13.0. The number of para-hydroxylation sites is 1. The molecule has 128 valence electrons. The summed E-state index contributed by atoms with van der Waals surface area (Å²) in [4.78, 5) is 26.9. The molecule has 3 heterocycles. The Hall–Kier alpha value is -2.89. The van der Waals surface area contributed by atoms with Crippen LogP contribution in [0.5, 0.6) is 5.75 Å². The second kappa shape index (κ2) is 6.20. The monoisotopic (exact) mass is 336 g/mol. The molecule has 0 unspecified atom stereocenters. The zero-order chi connectivity index (χ0) is 17.4. The van der Waals surface area contributed by atoms with Gasteiger partial charge in [-0.25, -0.2) is 4.98 Å². The van der Waals surface area contributed by atoms with Crippen LogP contribution in [0.15, 0.2) is 36.5 Å².